The molecular formula is C17H24N4O. The zero-order valence-electron chi connectivity index (χ0n) is 13.2. The number of nitrogens with zero attached hydrogens (tertiary/aromatic N) is 2. The molecule has 0 aliphatic carbocycles. The van der Waals surface area contributed by atoms with Gasteiger partial charge in [0, 0.05) is 19.0 Å². The topological polar surface area (TPSA) is 75.0 Å². The van der Waals surface area contributed by atoms with Gasteiger partial charge < -0.3 is 15.6 Å². The van der Waals surface area contributed by atoms with E-state index in [1.807, 2.05) is 43.0 Å². The molecule has 1 aliphatic rings. The summed E-state index contributed by atoms with van der Waals surface area (Å²) in [6.07, 6.45) is 2.05. The Morgan fingerprint density at radius 1 is 1.41 bits per heavy atom. The molecule has 2 heterocycles. The van der Waals surface area contributed by atoms with Crippen molar-refractivity contribution in [2.24, 2.45) is 11.7 Å². The number of nitrogens with two attached hydrogens (primary N) is 1. The smallest absolute Gasteiger partial charge is 0.239 e. The van der Waals surface area contributed by atoms with Crippen LogP contribution in [0.2, 0.25) is 0 Å². The Morgan fingerprint density at radius 3 is 2.91 bits per heavy atom. The van der Waals surface area contributed by atoms with Crippen LogP contribution in [0.25, 0.3) is 11.0 Å². The van der Waals surface area contributed by atoms with Crippen LogP contribution in [-0.4, -0.2) is 39.9 Å². The van der Waals surface area contributed by atoms with Crippen LogP contribution in [0, 0.1) is 5.92 Å². The number of likely N-dealkylation sites (tertiary alicyclic amines) is 1. The summed E-state index contributed by atoms with van der Waals surface area (Å²) in [4.78, 5) is 22.4. The fraction of sp³-hybridized carbons (Fsp3) is 0.529. The highest BCUT2D eigenvalue weighted by Gasteiger charge is 2.30. The van der Waals surface area contributed by atoms with Gasteiger partial charge in [-0.2, -0.15) is 0 Å². The summed E-state index contributed by atoms with van der Waals surface area (Å²) in [7, 11) is 0. The molecule has 22 heavy (non-hydrogen) atoms. The van der Waals surface area contributed by atoms with Crippen molar-refractivity contribution in [3.8, 4) is 0 Å². The zero-order chi connectivity index (χ0) is 15.7. The molecule has 1 aromatic carbocycles. The van der Waals surface area contributed by atoms with Gasteiger partial charge in [0.2, 0.25) is 5.91 Å². The van der Waals surface area contributed by atoms with Gasteiger partial charge in [0.15, 0.2) is 0 Å². The molecular weight excluding hydrogens is 276 g/mol. The van der Waals surface area contributed by atoms with E-state index in [2.05, 4.69) is 9.97 Å². The van der Waals surface area contributed by atoms with Crippen LogP contribution in [0.5, 0.6) is 0 Å². The normalized spacial score (nSPS) is 20.5. The molecule has 0 spiro atoms. The molecule has 0 bridgehead atoms. The number of para-hydroxylation sites is 2. The molecule has 0 radical (unpaired) electrons. The number of benzene rings is 1. The van der Waals surface area contributed by atoms with Gasteiger partial charge >= 0.3 is 0 Å². The molecule has 1 aromatic heterocycles. The molecule has 5 heteroatoms. The molecule has 118 valence electrons. The second kappa shape index (κ2) is 6.08. The number of piperidine rings is 1. The number of hydrogen-bond donors (Lipinski definition) is 2. The lowest BCUT2D eigenvalue weighted by molar-refractivity contribution is -0.134. The van der Waals surface area contributed by atoms with E-state index >= 15 is 0 Å². The quantitative estimate of drug-likeness (QED) is 0.913. The number of aromatic nitrogens is 2. The Hall–Kier alpha value is -1.88. The maximum atomic E-state index is 12.5. The number of aromatic amines is 1. The third kappa shape index (κ3) is 2.86. The van der Waals surface area contributed by atoms with Gasteiger partial charge in [-0.05, 0) is 30.9 Å². The van der Waals surface area contributed by atoms with E-state index in [1.165, 1.54) is 0 Å². The van der Waals surface area contributed by atoms with E-state index in [0.29, 0.717) is 6.54 Å². The van der Waals surface area contributed by atoms with Crippen LogP contribution >= 0.6 is 0 Å². The van der Waals surface area contributed by atoms with E-state index < -0.39 is 6.04 Å². The zero-order valence-corrected chi connectivity index (χ0v) is 13.2. The minimum absolute atomic E-state index is 0.0656. The first-order valence-electron chi connectivity index (χ1n) is 8.05. The molecule has 1 saturated heterocycles. The van der Waals surface area contributed by atoms with Crippen molar-refractivity contribution in [3.63, 3.8) is 0 Å². The second-order valence-corrected chi connectivity index (χ2v) is 6.53. The monoisotopic (exact) mass is 300 g/mol. The van der Waals surface area contributed by atoms with Gasteiger partial charge in [-0.3, -0.25) is 4.79 Å². The summed E-state index contributed by atoms with van der Waals surface area (Å²) in [5.74, 6) is 1.48. The number of carbonyl (C=O) groups excluding carboxylic acids is 1. The minimum atomic E-state index is -0.408. The van der Waals surface area contributed by atoms with Crippen molar-refractivity contribution >= 4 is 16.9 Å². The van der Waals surface area contributed by atoms with Crippen LogP contribution in [0.15, 0.2) is 24.3 Å². The van der Waals surface area contributed by atoms with E-state index in [-0.39, 0.29) is 17.7 Å². The molecule has 3 N–H and O–H groups in total. The van der Waals surface area contributed by atoms with Crippen LogP contribution in [0.3, 0.4) is 0 Å². The summed E-state index contributed by atoms with van der Waals surface area (Å²) >= 11 is 0. The Labute approximate surface area is 130 Å². The fourth-order valence-corrected chi connectivity index (χ4v) is 3.06. The average molecular weight is 300 g/mol. The Morgan fingerprint density at radius 2 is 2.18 bits per heavy atom. The fourth-order valence-electron chi connectivity index (χ4n) is 3.06. The number of carbonyl (C=O) groups is 1. The number of imidazole rings is 1. The van der Waals surface area contributed by atoms with Crippen molar-refractivity contribution in [1.29, 1.82) is 0 Å². The molecule has 3 rings (SSSR count). The lowest BCUT2D eigenvalue weighted by Gasteiger charge is -2.34. The van der Waals surface area contributed by atoms with Crippen molar-refractivity contribution in [2.45, 2.75) is 38.6 Å². The Kier molecular flexibility index (Phi) is 4.16. The third-order valence-electron chi connectivity index (χ3n) is 4.53. The molecule has 0 saturated carbocycles. The standard InChI is InChI=1S/C17H24N4O/c1-11(2)15(18)17(22)21-9-5-6-12(10-21)16-19-13-7-3-4-8-14(13)20-16/h3-4,7-8,11-12,15H,5-6,9-10,18H2,1-2H3,(H,19,20)/t12?,15-/m0/s1. The lowest BCUT2D eigenvalue weighted by atomic mass is 9.95. The lowest BCUT2D eigenvalue weighted by Crippen LogP contribution is -2.49. The predicted octanol–water partition coefficient (Wildman–Crippen LogP) is 2.25. The third-order valence-corrected chi connectivity index (χ3v) is 4.53. The van der Waals surface area contributed by atoms with E-state index in [9.17, 15) is 4.79 Å². The van der Waals surface area contributed by atoms with Crippen LogP contribution in [0.4, 0.5) is 0 Å². The molecule has 5 nitrogen and oxygen atoms in total. The van der Waals surface area contributed by atoms with Gasteiger partial charge in [-0.1, -0.05) is 26.0 Å². The second-order valence-electron chi connectivity index (χ2n) is 6.53. The summed E-state index contributed by atoms with van der Waals surface area (Å²) < 4.78 is 0. The van der Waals surface area contributed by atoms with E-state index in [0.717, 1.165) is 36.2 Å². The first-order valence-corrected chi connectivity index (χ1v) is 8.05. The maximum absolute atomic E-state index is 12.5. The number of fused-ring (bicyclic) bond motifs is 1. The highest BCUT2D eigenvalue weighted by Crippen LogP contribution is 2.27. The van der Waals surface area contributed by atoms with Crippen molar-refractivity contribution in [1.82, 2.24) is 14.9 Å². The van der Waals surface area contributed by atoms with Crippen molar-refractivity contribution in [3.05, 3.63) is 30.1 Å². The van der Waals surface area contributed by atoms with Crippen molar-refractivity contribution in [2.75, 3.05) is 13.1 Å². The van der Waals surface area contributed by atoms with E-state index in [1.54, 1.807) is 0 Å². The number of rotatable bonds is 3. The predicted molar refractivity (Wildman–Crippen MR) is 87.5 cm³/mol. The minimum Gasteiger partial charge on any atom is -0.342 e. The van der Waals surface area contributed by atoms with Gasteiger partial charge in [0.05, 0.1) is 17.1 Å². The summed E-state index contributed by atoms with van der Waals surface area (Å²) in [6.45, 7) is 5.49. The Balaban J connectivity index is 1.76. The first-order chi connectivity index (χ1) is 10.6. The number of amides is 1. The van der Waals surface area contributed by atoms with Crippen LogP contribution in [-0.2, 0) is 4.79 Å². The van der Waals surface area contributed by atoms with Gasteiger partial charge in [0.25, 0.3) is 0 Å². The number of nitrogens with one attached hydrogen (secondary N) is 1. The summed E-state index contributed by atoms with van der Waals surface area (Å²) in [5.41, 5.74) is 8.06. The van der Waals surface area contributed by atoms with Gasteiger partial charge in [-0.25, -0.2) is 4.98 Å². The summed E-state index contributed by atoms with van der Waals surface area (Å²) in [5, 5.41) is 0. The van der Waals surface area contributed by atoms with Crippen molar-refractivity contribution < 1.29 is 4.79 Å². The maximum Gasteiger partial charge on any atom is 0.239 e. The number of H-pyrrole nitrogens is 1. The Bertz CT molecular complexity index is 630. The highest BCUT2D eigenvalue weighted by molar-refractivity contribution is 5.82. The molecule has 2 atom stereocenters. The molecule has 1 aliphatic heterocycles. The SMILES string of the molecule is CC(C)[C@H](N)C(=O)N1CCCC(c2nc3ccccc3[nH]2)C1. The first kappa shape index (κ1) is 15.0. The molecule has 1 amide bonds. The molecule has 2 aromatic rings. The average Bonchev–Trinajstić information content (AvgIpc) is 2.97. The van der Waals surface area contributed by atoms with Gasteiger partial charge in [0.1, 0.15) is 5.82 Å². The van der Waals surface area contributed by atoms with E-state index in [4.69, 9.17) is 5.73 Å². The molecule has 1 unspecified atom stereocenters. The largest absolute Gasteiger partial charge is 0.342 e. The van der Waals surface area contributed by atoms with Crippen LogP contribution in [0.1, 0.15) is 38.4 Å². The molecule has 1 fully saturated rings. The number of hydrogen-bond acceptors (Lipinski definition) is 3. The highest BCUT2D eigenvalue weighted by atomic mass is 16.2. The van der Waals surface area contributed by atoms with Crippen LogP contribution < -0.4 is 5.73 Å². The van der Waals surface area contributed by atoms with Gasteiger partial charge in [-0.15, -0.1) is 0 Å². The summed E-state index contributed by atoms with van der Waals surface area (Å²) in [6, 6.07) is 7.63.